The molecular formula is C15H18ClNO2. The highest BCUT2D eigenvalue weighted by Gasteiger charge is 2.23. The van der Waals surface area contributed by atoms with Crippen molar-refractivity contribution in [3.63, 3.8) is 0 Å². The Morgan fingerprint density at radius 3 is 2.89 bits per heavy atom. The van der Waals surface area contributed by atoms with Gasteiger partial charge in [-0.3, -0.25) is 4.90 Å². The predicted octanol–water partition coefficient (Wildman–Crippen LogP) is 4.11. The number of rotatable bonds is 3. The van der Waals surface area contributed by atoms with Crippen molar-refractivity contribution in [2.24, 2.45) is 0 Å². The Balaban J connectivity index is 2.37. The average Bonchev–Trinajstić information content (AvgIpc) is 2.40. The molecule has 1 aliphatic rings. The molecule has 1 amide bonds. The van der Waals surface area contributed by atoms with Crippen LogP contribution in [-0.4, -0.2) is 24.1 Å². The van der Waals surface area contributed by atoms with Crippen LogP contribution in [0.4, 0.5) is 4.79 Å². The zero-order valence-corrected chi connectivity index (χ0v) is 12.0. The third-order valence-electron chi connectivity index (χ3n) is 3.19. The van der Waals surface area contributed by atoms with E-state index >= 15 is 0 Å². The van der Waals surface area contributed by atoms with Gasteiger partial charge in [0.05, 0.1) is 12.3 Å². The Hall–Kier alpha value is -1.48. The number of ether oxygens (including phenoxy) is 1. The number of carbonyl (C=O) groups excluding carboxylic acids is 1. The summed E-state index contributed by atoms with van der Waals surface area (Å²) in [6, 6.07) is 5.84. The maximum absolute atomic E-state index is 12.0. The van der Waals surface area contributed by atoms with Gasteiger partial charge in [-0.1, -0.05) is 23.7 Å². The summed E-state index contributed by atoms with van der Waals surface area (Å²) in [5, 5.41) is 0.687. The second-order valence-electron chi connectivity index (χ2n) is 4.37. The summed E-state index contributed by atoms with van der Waals surface area (Å²) in [6.45, 7) is 4.71. The SMILES string of the molecule is CCOC(=O)N(CC)C1=CCCc2ccc(Cl)cc21. The molecule has 0 saturated heterocycles. The Morgan fingerprint density at radius 2 is 2.21 bits per heavy atom. The molecule has 0 spiro atoms. The first-order valence-corrected chi connectivity index (χ1v) is 6.98. The van der Waals surface area contributed by atoms with E-state index in [-0.39, 0.29) is 6.09 Å². The highest BCUT2D eigenvalue weighted by Crippen LogP contribution is 2.31. The summed E-state index contributed by atoms with van der Waals surface area (Å²) in [5.41, 5.74) is 3.17. The smallest absolute Gasteiger partial charge is 0.414 e. The van der Waals surface area contributed by atoms with Crippen LogP contribution in [0, 0.1) is 0 Å². The molecule has 0 fully saturated rings. The number of carbonyl (C=O) groups is 1. The quantitative estimate of drug-likeness (QED) is 0.833. The lowest BCUT2D eigenvalue weighted by molar-refractivity contribution is 0.126. The lowest BCUT2D eigenvalue weighted by Crippen LogP contribution is -2.31. The second-order valence-corrected chi connectivity index (χ2v) is 4.81. The molecule has 0 aliphatic heterocycles. The molecule has 0 N–H and O–H groups in total. The number of nitrogens with zero attached hydrogens (tertiary/aromatic N) is 1. The number of allylic oxidation sites excluding steroid dienone is 1. The van der Waals surface area contributed by atoms with Gasteiger partial charge in [-0.2, -0.15) is 0 Å². The minimum Gasteiger partial charge on any atom is -0.449 e. The monoisotopic (exact) mass is 279 g/mol. The molecule has 19 heavy (non-hydrogen) atoms. The first kappa shape index (κ1) is 13.9. The molecule has 0 aromatic heterocycles. The molecule has 3 nitrogen and oxygen atoms in total. The van der Waals surface area contributed by atoms with Crippen molar-refractivity contribution in [1.82, 2.24) is 4.90 Å². The third-order valence-corrected chi connectivity index (χ3v) is 3.43. The molecule has 1 aromatic rings. The highest BCUT2D eigenvalue weighted by molar-refractivity contribution is 6.30. The summed E-state index contributed by atoms with van der Waals surface area (Å²) in [4.78, 5) is 13.7. The standard InChI is InChI=1S/C15H18ClNO2/c1-3-17(15(18)19-4-2)14-7-5-6-11-8-9-12(16)10-13(11)14/h7-10H,3-6H2,1-2H3. The minimum absolute atomic E-state index is 0.302. The third kappa shape index (κ3) is 2.92. The van der Waals surface area contributed by atoms with Crippen LogP contribution >= 0.6 is 11.6 Å². The van der Waals surface area contributed by atoms with Gasteiger partial charge in [-0.15, -0.1) is 0 Å². The van der Waals surface area contributed by atoms with Crippen LogP contribution in [-0.2, 0) is 11.2 Å². The Morgan fingerprint density at radius 1 is 1.42 bits per heavy atom. The Kier molecular flexibility index (Phi) is 4.48. The fourth-order valence-electron chi connectivity index (χ4n) is 2.33. The Bertz CT molecular complexity index is 511. The fourth-order valence-corrected chi connectivity index (χ4v) is 2.51. The summed E-state index contributed by atoms with van der Waals surface area (Å²) >= 11 is 6.07. The van der Waals surface area contributed by atoms with E-state index in [9.17, 15) is 4.79 Å². The van der Waals surface area contributed by atoms with Crippen molar-refractivity contribution in [2.45, 2.75) is 26.7 Å². The minimum atomic E-state index is -0.302. The van der Waals surface area contributed by atoms with E-state index < -0.39 is 0 Å². The number of aryl methyl sites for hydroxylation is 1. The van der Waals surface area contributed by atoms with E-state index in [4.69, 9.17) is 16.3 Å². The van der Waals surface area contributed by atoms with E-state index in [0.29, 0.717) is 18.2 Å². The van der Waals surface area contributed by atoms with Crippen molar-refractivity contribution in [3.8, 4) is 0 Å². The lowest BCUT2D eigenvalue weighted by Gasteiger charge is -2.27. The summed E-state index contributed by atoms with van der Waals surface area (Å²) in [6.07, 6.45) is 3.69. The molecule has 0 bridgehead atoms. The van der Waals surface area contributed by atoms with Gasteiger partial charge in [-0.25, -0.2) is 4.79 Å². The van der Waals surface area contributed by atoms with Gasteiger partial charge >= 0.3 is 6.09 Å². The maximum Gasteiger partial charge on any atom is 0.414 e. The maximum atomic E-state index is 12.0. The molecule has 0 unspecified atom stereocenters. The molecule has 0 saturated carbocycles. The van der Waals surface area contributed by atoms with Crippen LogP contribution < -0.4 is 0 Å². The predicted molar refractivity (Wildman–Crippen MR) is 77.2 cm³/mol. The molecule has 0 heterocycles. The molecule has 1 aliphatic carbocycles. The normalized spacial score (nSPS) is 13.5. The number of benzene rings is 1. The molecule has 102 valence electrons. The number of hydrogen-bond acceptors (Lipinski definition) is 2. The molecule has 2 rings (SSSR count). The fraction of sp³-hybridized carbons (Fsp3) is 0.400. The highest BCUT2D eigenvalue weighted by atomic mass is 35.5. The first-order valence-electron chi connectivity index (χ1n) is 6.60. The summed E-state index contributed by atoms with van der Waals surface area (Å²) < 4.78 is 5.11. The van der Waals surface area contributed by atoms with Gasteiger partial charge in [0.1, 0.15) is 0 Å². The first-order chi connectivity index (χ1) is 9.17. The van der Waals surface area contributed by atoms with Crippen molar-refractivity contribution < 1.29 is 9.53 Å². The zero-order valence-electron chi connectivity index (χ0n) is 11.3. The largest absolute Gasteiger partial charge is 0.449 e. The van der Waals surface area contributed by atoms with Gasteiger partial charge in [0.25, 0.3) is 0 Å². The Labute approximate surface area is 118 Å². The molecular weight excluding hydrogens is 262 g/mol. The zero-order chi connectivity index (χ0) is 13.8. The number of amides is 1. The van der Waals surface area contributed by atoms with Crippen LogP contribution in [0.2, 0.25) is 5.02 Å². The van der Waals surface area contributed by atoms with Gasteiger partial charge in [0.2, 0.25) is 0 Å². The summed E-state index contributed by atoms with van der Waals surface area (Å²) in [5.74, 6) is 0. The number of hydrogen-bond donors (Lipinski definition) is 0. The molecule has 1 aromatic carbocycles. The van der Waals surface area contributed by atoms with Crippen LogP contribution in [0.15, 0.2) is 24.3 Å². The van der Waals surface area contributed by atoms with E-state index in [2.05, 4.69) is 6.08 Å². The van der Waals surface area contributed by atoms with E-state index in [0.717, 1.165) is 24.1 Å². The van der Waals surface area contributed by atoms with E-state index in [1.54, 1.807) is 4.90 Å². The van der Waals surface area contributed by atoms with Crippen molar-refractivity contribution in [2.75, 3.05) is 13.2 Å². The van der Waals surface area contributed by atoms with E-state index in [1.165, 1.54) is 5.56 Å². The molecule has 4 heteroatoms. The van der Waals surface area contributed by atoms with Crippen molar-refractivity contribution in [1.29, 1.82) is 0 Å². The number of fused-ring (bicyclic) bond motifs is 1. The van der Waals surface area contributed by atoms with E-state index in [1.807, 2.05) is 32.0 Å². The van der Waals surface area contributed by atoms with Gasteiger partial charge in [0, 0.05) is 17.1 Å². The van der Waals surface area contributed by atoms with Crippen molar-refractivity contribution in [3.05, 3.63) is 40.4 Å². The topological polar surface area (TPSA) is 29.5 Å². The van der Waals surface area contributed by atoms with Gasteiger partial charge in [0.15, 0.2) is 0 Å². The van der Waals surface area contributed by atoms with Gasteiger partial charge in [-0.05, 0) is 44.4 Å². The van der Waals surface area contributed by atoms with Crippen LogP contribution in [0.3, 0.4) is 0 Å². The van der Waals surface area contributed by atoms with Crippen LogP contribution in [0.1, 0.15) is 31.4 Å². The molecule has 0 radical (unpaired) electrons. The van der Waals surface area contributed by atoms with Crippen LogP contribution in [0.5, 0.6) is 0 Å². The van der Waals surface area contributed by atoms with Crippen molar-refractivity contribution >= 4 is 23.4 Å². The average molecular weight is 280 g/mol. The summed E-state index contributed by atoms with van der Waals surface area (Å²) in [7, 11) is 0. The van der Waals surface area contributed by atoms with Gasteiger partial charge < -0.3 is 4.74 Å². The lowest BCUT2D eigenvalue weighted by atomic mass is 9.94. The molecule has 0 atom stereocenters. The van der Waals surface area contributed by atoms with Crippen LogP contribution in [0.25, 0.3) is 5.70 Å². The second kappa shape index (κ2) is 6.11. The number of halogens is 1.